The molecule has 2 aromatic carbocycles. The van der Waals surface area contributed by atoms with Crippen molar-refractivity contribution in [3.63, 3.8) is 0 Å². The van der Waals surface area contributed by atoms with E-state index in [0.29, 0.717) is 11.7 Å². The summed E-state index contributed by atoms with van der Waals surface area (Å²) in [6.45, 7) is 5.74. The van der Waals surface area contributed by atoms with Crippen LogP contribution in [0.2, 0.25) is 0 Å². The molecule has 0 radical (unpaired) electrons. The molecule has 0 unspecified atom stereocenters. The second kappa shape index (κ2) is 9.60. The molecule has 0 atom stereocenters. The van der Waals surface area contributed by atoms with Crippen LogP contribution in [0.3, 0.4) is 0 Å². The summed E-state index contributed by atoms with van der Waals surface area (Å²) in [5.41, 5.74) is 3.63. The molecular weight excluding hydrogens is 354 g/mol. The van der Waals surface area contributed by atoms with E-state index < -0.39 is 0 Å². The van der Waals surface area contributed by atoms with Crippen LogP contribution in [0.4, 0.5) is 11.4 Å². The quantitative estimate of drug-likeness (QED) is 0.716. The Hall–Kier alpha value is -2.27. The zero-order chi connectivity index (χ0) is 19.1. The Labute approximate surface area is 168 Å². The number of nitrogens with zero attached hydrogens (tertiary/aromatic N) is 2. The van der Waals surface area contributed by atoms with Crippen LogP contribution in [0, 0.1) is 0 Å². The maximum Gasteiger partial charge on any atom is 0.173 e. The summed E-state index contributed by atoms with van der Waals surface area (Å²) in [6, 6.07) is 16.6. The molecule has 27 heavy (non-hydrogen) atoms. The van der Waals surface area contributed by atoms with Crippen molar-refractivity contribution in [2.45, 2.75) is 32.7 Å². The fraction of sp³-hybridized carbons (Fsp3) is 0.409. The molecular formula is C22H29N3OS. The Morgan fingerprint density at radius 3 is 2.48 bits per heavy atom. The van der Waals surface area contributed by atoms with E-state index in [0.717, 1.165) is 31.1 Å². The van der Waals surface area contributed by atoms with Crippen LogP contribution in [0.25, 0.3) is 0 Å². The highest BCUT2D eigenvalue weighted by Gasteiger charge is 2.15. The molecule has 1 fully saturated rings. The first-order valence-electron chi connectivity index (χ1n) is 9.75. The summed E-state index contributed by atoms with van der Waals surface area (Å²) in [6.07, 6.45) is 3.90. The van der Waals surface area contributed by atoms with Gasteiger partial charge in [-0.15, -0.1) is 0 Å². The summed E-state index contributed by atoms with van der Waals surface area (Å²) < 4.78 is 5.49. The zero-order valence-corrected chi connectivity index (χ0v) is 17.1. The van der Waals surface area contributed by atoms with Gasteiger partial charge in [0.05, 0.1) is 6.61 Å². The maximum absolute atomic E-state index is 5.61. The summed E-state index contributed by atoms with van der Waals surface area (Å²) in [4.78, 5) is 4.60. The molecule has 1 aliphatic rings. The van der Waals surface area contributed by atoms with E-state index in [2.05, 4.69) is 39.4 Å². The Morgan fingerprint density at radius 2 is 1.78 bits per heavy atom. The highest BCUT2D eigenvalue weighted by molar-refractivity contribution is 7.80. The largest absolute Gasteiger partial charge is 0.494 e. The first kappa shape index (κ1) is 19.5. The van der Waals surface area contributed by atoms with Gasteiger partial charge in [0, 0.05) is 38.1 Å². The van der Waals surface area contributed by atoms with Gasteiger partial charge in [0.25, 0.3) is 0 Å². The van der Waals surface area contributed by atoms with Crippen LogP contribution in [0.15, 0.2) is 48.5 Å². The molecule has 0 amide bonds. The standard InChI is InChI=1S/C22H29N3OS/c1-3-26-20-13-11-19(12-14-20)23-22(27)24(2)17-18-9-5-6-10-21(18)25-15-7-4-8-16-25/h5-6,9-14H,3-4,7-8,15-17H2,1-2H3,(H,23,27). The number of nitrogens with one attached hydrogen (secondary N) is 1. The average Bonchev–Trinajstić information content (AvgIpc) is 2.70. The predicted octanol–water partition coefficient (Wildman–Crippen LogP) is 4.90. The van der Waals surface area contributed by atoms with Gasteiger partial charge in [0.1, 0.15) is 5.75 Å². The number of benzene rings is 2. The van der Waals surface area contributed by atoms with Crippen molar-refractivity contribution in [2.24, 2.45) is 0 Å². The highest BCUT2D eigenvalue weighted by Crippen LogP contribution is 2.25. The van der Waals surface area contributed by atoms with Crippen molar-refractivity contribution >= 4 is 28.7 Å². The number of rotatable bonds is 6. The lowest BCUT2D eigenvalue weighted by atomic mass is 10.1. The van der Waals surface area contributed by atoms with Crippen molar-refractivity contribution in [2.75, 3.05) is 37.0 Å². The summed E-state index contributed by atoms with van der Waals surface area (Å²) in [5, 5.41) is 4.03. The fourth-order valence-electron chi connectivity index (χ4n) is 3.44. The number of piperidine rings is 1. The topological polar surface area (TPSA) is 27.7 Å². The molecule has 5 heteroatoms. The Kier molecular flexibility index (Phi) is 6.93. The number of ether oxygens (including phenoxy) is 1. The SMILES string of the molecule is CCOc1ccc(NC(=S)N(C)Cc2ccccc2N2CCCCC2)cc1. The van der Waals surface area contributed by atoms with Crippen LogP contribution < -0.4 is 15.0 Å². The summed E-state index contributed by atoms with van der Waals surface area (Å²) in [7, 11) is 2.04. The minimum atomic E-state index is 0.671. The molecule has 144 valence electrons. The highest BCUT2D eigenvalue weighted by atomic mass is 32.1. The van der Waals surface area contributed by atoms with E-state index in [1.54, 1.807) is 0 Å². The lowest BCUT2D eigenvalue weighted by Crippen LogP contribution is -2.33. The lowest BCUT2D eigenvalue weighted by molar-refractivity contribution is 0.340. The Balaban J connectivity index is 1.62. The number of thiocarbonyl (C=S) groups is 1. The molecule has 4 nitrogen and oxygen atoms in total. The number of anilines is 2. The molecule has 0 saturated carbocycles. The second-order valence-electron chi connectivity index (χ2n) is 6.92. The molecule has 1 heterocycles. The monoisotopic (exact) mass is 383 g/mol. The molecule has 0 spiro atoms. The Bertz CT molecular complexity index is 741. The van der Waals surface area contributed by atoms with Crippen LogP contribution in [-0.4, -0.2) is 36.8 Å². The van der Waals surface area contributed by atoms with Gasteiger partial charge in [-0.2, -0.15) is 0 Å². The van der Waals surface area contributed by atoms with E-state index in [9.17, 15) is 0 Å². The Morgan fingerprint density at radius 1 is 1.07 bits per heavy atom. The molecule has 0 aromatic heterocycles. The molecule has 3 rings (SSSR count). The minimum Gasteiger partial charge on any atom is -0.494 e. The van der Waals surface area contributed by atoms with Gasteiger partial charge < -0.3 is 19.9 Å². The van der Waals surface area contributed by atoms with Gasteiger partial charge in [-0.3, -0.25) is 0 Å². The first-order valence-corrected chi connectivity index (χ1v) is 10.2. The van der Waals surface area contributed by atoms with E-state index in [1.165, 1.54) is 30.5 Å². The molecule has 1 saturated heterocycles. The van der Waals surface area contributed by atoms with Crippen molar-refractivity contribution < 1.29 is 4.74 Å². The van der Waals surface area contributed by atoms with Crippen molar-refractivity contribution in [1.29, 1.82) is 0 Å². The number of para-hydroxylation sites is 1. The third-order valence-electron chi connectivity index (χ3n) is 4.86. The molecule has 0 aliphatic carbocycles. The first-order chi connectivity index (χ1) is 13.2. The van der Waals surface area contributed by atoms with Gasteiger partial charge >= 0.3 is 0 Å². The average molecular weight is 384 g/mol. The van der Waals surface area contributed by atoms with E-state index in [1.807, 2.05) is 38.2 Å². The van der Waals surface area contributed by atoms with Crippen LogP contribution in [0.5, 0.6) is 5.75 Å². The van der Waals surface area contributed by atoms with E-state index in [-0.39, 0.29) is 0 Å². The second-order valence-corrected chi connectivity index (χ2v) is 7.31. The molecule has 1 aliphatic heterocycles. The molecule has 0 bridgehead atoms. The normalized spacial score (nSPS) is 13.9. The third kappa shape index (κ3) is 5.36. The van der Waals surface area contributed by atoms with Gasteiger partial charge in [-0.05, 0) is 74.3 Å². The maximum atomic E-state index is 5.61. The minimum absolute atomic E-state index is 0.671. The molecule has 1 N–H and O–H groups in total. The molecule has 2 aromatic rings. The van der Waals surface area contributed by atoms with Gasteiger partial charge in [-0.1, -0.05) is 18.2 Å². The summed E-state index contributed by atoms with van der Waals surface area (Å²) in [5.74, 6) is 0.873. The van der Waals surface area contributed by atoms with Gasteiger partial charge in [0.15, 0.2) is 5.11 Å². The van der Waals surface area contributed by atoms with Crippen LogP contribution >= 0.6 is 12.2 Å². The summed E-state index contributed by atoms with van der Waals surface area (Å²) >= 11 is 5.61. The van der Waals surface area contributed by atoms with Crippen LogP contribution in [0.1, 0.15) is 31.7 Å². The van der Waals surface area contributed by atoms with Crippen LogP contribution in [-0.2, 0) is 6.54 Å². The van der Waals surface area contributed by atoms with E-state index in [4.69, 9.17) is 17.0 Å². The zero-order valence-electron chi connectivity index (χ0n) is 16.3. The smallest absolute Gasteiger partial charge is 0.173 e. The number of hydrogen-bond acceptors (Lipinski definition) is 3. The van der Waals surface area contributed by atoms with Crippen molar-refractivity contribution in [3.05, 3.63) is 54.1 Å². The van der Waals surface area contributed by atoms with Crippen molar-refractivity contribution in [3.8, 4) is 5.75 Å². The fourth-order valence-corrected chi connectivity index (χ4v) is 3.62. The van der Waals surface area contributed by atoms with Crippen molar-refractivity contribution in [1.82, 2.24) is 4.90 Å². The van der Waals surface area contributed by atoms with E-state index >= 15 is 0 Å². The van der Waals surface area contributed by atoms with Gasteiger partial charge in [-0.25, -0.2) is 0 Å². The lowest BCUT2D eigenvalue weighted by Gasteiger charge is -2.32. The van der Waals surface area contributed by atoms with Gasteiger partial charge in [0.2, 0.25) is 0 Å². The third-order valence-corrected chi connectivity index (χ3v) is 5.27. The number of hydrogen-bond donors (Lipinski definition) is 1. The predicted molar refractivity (Wildman–Crippen MR) is 118 cm³/mol.